The van der Waals surface area contributed by atoms with E-state index < -0.39 is 6.10 Å². The van der Waals surface area contributed by atoms with Gasteiger partial charge in [-0.3, -0.25) is 4.79 Å². The van der Waals surface area contributed by atoms with E-state index in [1.54, 1.807) is 6.07 Å². The molecule has 0 unspecified atom stereocenters. The summed E-state index contributed by atoms with van der Waals surface area (Å²) in [5.41, 5.74) is 0.662. The third-order valence-electron chi connectivity index (χ3n) is 2.27. The summed E-state index contributed by atoms with van der Waals surface area (Å²) in [4.78, 5) is 17.0. The maximum absolute atomic E-state index is 11.7. The Morgan fingerprint density at radius 3 is 3.00 bits per heavy atom. The van der Waals surface area contributed by atoms with Crippen LogP contribution in [0.1, 0.15) is 16.1 Å². The monoisotopic (exact) mass is 203 g/mol. The van der Waals surface area contributed by atoms with Crippen LogP contribution in [0.25, 0.3) is 0 Å². The fourth-order valence-electron chi connectivity index (χ4n) is 1.43. The Morgan fingerprint density at radius 1 is 1.67 bits per heavy atom. The van der Waals surface area contributed by atoms with Crippen molar-refractivity contribution in [1.82, 2.24) is 9.88 Å². The van der Waals surface area contributed by atoms with E-state index in [1.165, 1.54) is 17.2 Å². The molecular weight excluding hydrogens is 194 g/mol. The van der Waals surface area contributed by atoms with Gasteiger partial charge in [-0.2, -0.15) is 5.26 Å². The molecule has 1 aliphatic rings. The molecule has 76 valence electrons. The van der Waals surface area contributed by atoms with Crippen LogP contribution in [0.3, 0.4) is 0 Å². The van der Waals surface area contributed by atoms with E-state index in [0.29, 0.717) is 18.7 Å². The Balaban J connectivity index is 2.16. The van der Waals surface area contributed by atoms with Crippen molar-refractivity contribution in [1.29, 1.82) is 5.26 Å². The Labute approximate surface area is 86.6 Å². The smallest absolute Gasteiger partial charge is 0.254 e. The minimum atomic E-state index is -0.411. The van der Waals surface area contributed by atoms with Crippen molar-refractivity contribution in [3.05, 3.63) is 29.6 Å². The predicted octanol–water partition coefficient (Wildman–Crippen LogP) is -0.230. The molecule has 5 nitrogen and oxygen atoms in total. The SMILES string of the molecule is N#Cc1cc(C(=O)N2CC(O)C2)ccn1. The van der Waals surface area contributed by atoms with Gasteiger partial charge in [0.15, 0.2) is 0 Å². The van der Waals surface area contributed by atoms with Crippen molar-refractivity contribution in [3.63, 3.8) is 0 Å². The minimum absolute atomic E-state index is 0.167. The maximum Gasteiger partial charge on any atom is 0.254 e. The van der Waals surface area contributed by atoms with Gasteiger partial charge in [0.2, 0.25) is 0 Å². The van der Waals surface area contributed by atoms with E-state index in [4.69, 9.17) is 10.4 Å². The third kappa shape index (κ3) is 1.80. The van der Waals surface area contributed by atoms with Gasteiger partial charge in [0, 0.05) is 24.8 Å². The summed E-state index contributed by atoms with van der Waals surface area (Å²) in [5.74, 6) is -0.167. The van der Waals surface area contributed by atoms with E-state index in [9.17, 15) is 4.79 Å². The number of pyridine rings is 1. The second kappa shape index (κ2) is 3.67. The summed E-state index contributed by atoms with van der Waals surface area (Å²) in [5, 5.41) is 17.7. The largest absolute Gasteiger partial charge is 0.389 e. The predicted molar refractivity (Wildman–Crippen MR) is 50.9 cm³/mol. The summed E-state index contributed by atoms with van der Waals surface area (Å²) in [6.45, 7) is 0.728. The number of amides is 1. The van der Waals surface area contributed by atoms with Crippen LogP contribution in [0.5, 0.6) is 0 Å². The van der Waals surface area contributed by atoms with Crippen LogP contribution in [-0.2, 0) is 0 Å². The van der Waals surface area contributed by atoms with Crippen molar-refractivity contribution in [2.75, 3.05) is 13.1 Å². The number of hydrogen-bond acceptors (Lipinski definition) is 4. The Morgan fingerprint density at radius 2 is 2.40 bits per heavy atom. The first-order valence-electron chi connectivity index (χ1n) is 4.54. The second-order valence-corrected chi connectivity index (χ2v) is 3.41. The zero-order valence-corrected chi connectivity index (χ0v) is 7.92. The van der Waals surface area contributed by atoms with Crippen LogP contribution in [0.15, 0.2) is 18.3 Å². The molecule has 2 heterocycles. The normalized spacial score (nSPS) is 15.6. The number of aliphatic hydroxyl groups excluding tert-OH is 1. The molecule has 5 heteroatoms. The fourth-order valence-corrected chi connectivity index (χ4v) is 1.43. The molecular formula is C10H9N3O2. The second-order valence-electron chi connectivity index (χ2n) is 3.41. The zero-order valence-electron chi connectivity index (χ0n) is 7.92. The van der Waals surface area contributed by atoms with Crippen LogP contribution < -0.4 is 0 Å². The molecule has 0 spiro atoms. The third-order valence-corrected chi connectivity index (χ3v) is 2.27. The number of nitrogens with zero attached hydrogens (tertiary/aromatic N) is 3. The Hall–Kier alpha value is -1.93. The maximum atomic E-state index is 11.7. The zero-order chi connectivity index (χ0) is 10.8. The number of aromatic nitrogens is 1. The van der Waals surface area contributed by atoms with Crippen molar-refractivity contribution < 1.29 is 9.90 Å². The quantitative estimate of drug-likeness (QED) is 0.684. The van der Waals surface area contributed by atoms with Crippen LogP contribution in [0.2, 0.25) is 0 Å². The van der Waals surface area contributed by atoms with Crippen molar-refractivity contribution in [2.45, 2.75) is 6.10 Å². The first kappa shape index (κ1) is 9.62. The first-order valence-corrected chi connectivity index (χ1v) is 4.54. The van der Waals surface area contributed by atoms with Gasteiger partial charge in [-0.05, 0) is 12.1 Å². The fraction of sp³-hybridized carbons (Fsp3) is 0.300. The lowest BCUT2D eigenvalue weighted by molar-refractivity contribution is 0.00588. The van der Waals surface area contributed by atoms with Gasteiger partial charge in [0.05, 0.1) is 6.10 Å². The summed E-state index contributed by atoms with van der Waals surface area (Å²) < 4.78 is 0. The highest BCUT2D eigenvalue weighted by molar-refractivity contribution is 5.94. The molecule has 1 saturated heterocycles. The topological polar surface area (TPSA) is 77.2 Å². The Bertz CT molecular complexity index is 433. The summed E-state index contributed by atoms with van der Waals surface area (Å²) >= 11 is 0. The molecule has 1 N–H and O–H groups in total. The van der Waals surface area contributed by atoms with E-state index in [-0.39, 0.29) is 11.6 Å². The van der Waals surface area contributed by atoms with Crippen LogP contribution in [-0.4, -0.2) is 40.1 Å². The van der Waals surface area contributed by atoms with Crippen molar-refractivity contribution in [3.8, 4) is 6.07 Å². The molecule has 1 aromatic heterocycles. The molecule has 1 amide bonds. The number of aliphatic hydroxyl groups is 1. The Kier molecular flexibility index (Phi) is 2.35. The van der Waals surface area contributed by atoms with E-state index in [2.05, 4.69) is 4.98 Å². The van der Waals surface area contributed by atoms with E-state index in [1.807, 2.05) is 6.07 Å². The van der Waals surface area contributed by atoms with E-state index >= 15 is 0 Å². The van der Waals surface area contributed by atoms with Crippen molar-refractivity contribution >= 4 is 5.91 Å². The highest BCUT2D eigenvalue weighted by Gasteiger charge is 2.29. The molecule has 1 fully saturated rings. The number of hydrogen-bond donors (Lipinski definition) is 1. The lowest BCUT2D eigenvalue weighted by Gasteiger charge is -2.35. The van der Waals surface area contributed by atoms with Gasteiger partial charge in [-0.25, -0.2) is 4.98 Å². The van der Waals surface area contributed by atoms with Crippen molar-refractivity contribution in [2.24, 2.45) is 0 Å². The molecule has 0 atom stereocenters. The number of likely N-dealkylation sites (tertiary alicyclic amines) is 1. The molecule has 0 bridgehead atoms. The number of nitriles is 1. The van der Waals surface area contributed by atoms with Gasteiger partial charge in [-0.15, -0.1) is 0 Å². The standard InChI is InChI=1S/C10H9N3O2/c11-4-8-3-7(1-2-12-8)10(15)13-5-9(14)6-13/h1-3,9,14H,5-6H2. The first-order chi connectivity index (χ1) is 7.20. The van der Waals surface area contributed by atoms with Crippen LogP contribution >= 0.6 is 0 Å². The van der Waals surface area contributed by atoms with Crippen LogP contribution in [0.4, 0.5) is 0 Å². The highest BCUT2D eigenvalue weighted by atomic mass is 16.3. The summed E-state index contributed by atoms with van der Waals surface area (Å²) in [7, 11) is 0. The van der Waals surface area contributed by atoms with Crippen LogP contribution in [0, 0.1) is 11.3 Å². The van der Waals surface area contributed by atoms with Gasteiger partial charge in [0.25, 0.3) is 5.91 Å². The molecule has 0 aliphatic carbocycles. The lowest BCUT2D eigenvalue weighted by Crippen LogP contribution is -2.53. The number of carbonyl (C=O) groups is 1. The van der Waals surface area contributed by atoms with Gasteiger partial charge in [0.1, 0.15) is 11.8 Å². The molecule has 2 rings (SSSR count). The number of carbonyl (C=O) groups excluding carboxylic acids is 1. The van der Waals surface area contributed by atoms with Gasteiger partial charge >= 0.3 is 0 Å². The molecule has 0 radical (unpaired) electrons. The van der Waals surface area contributed by atoms with Gasteiger partial charge in [-0.1, -0.05) is 0 Å². The van der Waals surface area contributed by atoms with E-state index in [0.717, 1.165) is 0 Å². The average Bonchev–Trinajstić information content (AvgIpc) is 2.24. The molecule has 15 heavy (non-hydrogen) atoms. The number of β-amino-alcohol motifs (C(OH)–C–C–N with tert-alkyl or cyclic N) is 1. The summed E-state index contributed by atoms with van der Waals surface area (Å²) in [6, 6.07) is 4.89. The average molecular weight is 203 g/mol. The molecule has 1 aromatic rings. The van der Waals surface area contributed by atoms with Gasteiger partial charge < -0.3 is 10.0 Å². The molecule has 0 saturated carbocycles. The molecule has 0 aromatic carbocycles. The minimum Gasteiger partial charge on any atom is -0.389 e. The summed E-state index contributed by atoms with van der Waals surface area (Å²) in [6.07, 6.45) is 1.02. The highest BCUT2D eigenvalue weighted by Crippen LogP contribution is 2.13. The molecule has 1 aliphatic heterocycles. The number of rotatable bonds is 1. The lowest BCUT2D eigenvalue weighted by atomic mass is 10.1.